The number of amides is 1. The predicted molar refractivity (Wildman–Crippen MR) is 113 cm³/mol. The van der Waals surface area contributed by atoms with E-state index in [2.05, 4.69) is 15.0 Å². The first-order valence-corrected chi connectivity index (χ1v) is 9.13. The van der Waals surface area contributed by atoms with Crippen molar-refractivity contribution in [3.8, 4) is 5.69 Å². The topological polar surface area (TPSA) is 90.3 Å². The number of fused-ring (bicyclic) bond motifs is 1. The zero-order valence-electron chi connectivity index (χ0n) is 16.0. The van der Waals surface area contributed by atoms with E-state index < -0.39 is 5.97 Å². The Morgan fingerprint density at radius 1 is 0.933 bits per heavy atom. The zero-order chi connectivity index (χ0) is 21.1. The van der Waals surface area contributed by atoms with Crippen LogP contribution in [0.4, 0.5) is 5.69 Å². The highest BCUT2D eigenvalue weighted by molar-refractivity contribution is 6.05. The predicted octanol–water partition coefficient (Wildman–Crippen LogP) is 3.42. The number of carbonyl (C=O) groups is 2. The summed E-state index contributed by atoms with van der Waals surface area (Å²) in [6, 6.07) is 20.2. The molecule has 7 nitrogen and oxygen atoms in total. The van der Waals surface area contributed by atoms with Gasteiger partial charge in [0, 0.05) is 11.3 Å². The second kappa shape index (κ2) is 8.00. The molecule has 4 rings (SSSR count). The molecule has 0 aliphatic heterocycles. The van der Waals surface area contributed by atoms with E-state index in [0.29, 0.717) is 33.4 Å². The number of carbonyl (C=O) groups excluding carboxylic acids is 2. The number of nitrogens with zero attached hydrogens (tertiary/aromatic N) is 2. The van der Waals surface area contributed by atoms with Gasteiger partial charge in [-0.05, 0) is 54.6 Å². The molecule has 0 fully saturated rings. The molecule has 148 valence electrons. The molecule has 4 aromatic rings. The highest BCUT2D eigenvalue weighted by Gasteiger charge is 2.11. The van der Waals surface area contributed by atoms with Crippen LogP contribution in [0.1, 0.15) is 20.7 Å². The molecule has 0 aliphatic carbocycles. The summed E-state index contributed by atoms with van der Waals surface area (Å²) in [5.74, 6) is -0.822. The van der Waals surface area contributed by atoms with Gasteiger partial charge in [0.1, 0.15) is 6.33 Å². The fourth-order valence-electron chi connectivity index (χ4n) is 3.07. The summed E-state index contributed by atoms with van der Waals surface area (Å²) in [5.41, 5.74) is 2.27. The maximum absolute atomic E-state index is 12.7. The van der Waals surface area contributed by atoms with Gasteiger partial charge >= 0.3 is 5.97 Å². The molecule has 1 N–H and O–H groups in total. The molecule has 0 radical (unpaired) electrons. The molecule has 0 saturated heterocycles. The Balaban J connectivity index is 1.57. The van der Waals surface area contributed by atoms with Gasteiger partial charge in [-0.1, -0.05) is 18.2 Å². The van der Waals surface area contributed by atoms with Crippen molar-refractivity contribution >= 4 is 28.5 Å². The average molecular weight is 399 g/mol. The smallest absolute Gasteiger partial charge is 0.337 e. The van der Waals surface area contributed by atoms with E-state index in [1.807, 2.05) is 6.07 Å². The van der Waals surface area contributed by atoms with Crippen LogP contribution in [-0.4, -0.2) is 28.5 Å². The van der Waals surface area contributed by atoms with Crippen molar-refractivity contribution in [3.63, 3.8) is 0 Å². The molecule has 0 aliphatic rings. The van der Waals surface area contributed by atoms with Crippen molar-refractivity contribution in [3.05, 3.63) is 101 Å². The number of ether oxygens (including phenoxy) is 1. The SMILES string of the molecule is COC(=O)c1cccc(NC(=O)c2ccc(-n3cnc4ccccc4c3=O)cc2)c1. The summed E-state index contributed by atoms with van der Waals surface area (Å²) in [5, 5.41) is 3.27. The number of nitrogens with one attached hydrogen (secondary N) is 1. The van der Waals surface area contributed by atoms with Crippen LogP contribution in [0.5, 0.6) is 0 Å². The number of anilines is 1. The van der Waals surface area contributed by atoms with Gasteiger partial charge < -0.3 is 10.1 Å². The first-order valence-electron chi connectivity index (χ1n) is 9.13. The third kappa shape index (κ3) is 3.68. The highest BCUT2D eigenvalue weighted by atomic mass is 16.5. The van der Waals surface area contributed by atoms with E-state index in [1.165, 1.54) is 18.0 Å². The number of rotatable bonds is 4. The van der Waals surface area contributed by atoms with Crippen molar-refractivity contribution in [1.82, 2.24) is 9.55 Å². The van der Waals surface area contributed by atoms with Gasteiger partial charge in [0.2, 0.25) is 0 Å². The molecule has 0 unspecified atom stereocenters. The van der Waals surface area contributed by atoms with Crippen molar-refractivity contribution in [2.24, 2.45) is 0 Å². The maximum atomic E-state index is 12.7. The molecule has 0 spiro atoms. The minimum absolute atomic E-state index is 0.183. The lowest BCUT2D eigenvalue weighted by molar-refractivity contribution is 0.0600. The van der Waals surface area contributed by atoms with Crippen LogP contribution in [-0.2, 0) is 4.74 Å². The average Bonchev–Trinajstić information content (AvgIpc) is 2.79. The molecule has 0 saturated carbocycles. The second-order valence-electron chi connectivity index (χ2n) is 6.51. The lowest BCUT2D eigenvalue weighted by Crippen LogP contribution is -2.19. The largest absolute Gasteiger partial charge is 0.465 e. The van der Waals surface area contributed by atoms with Gasteiger partial charge in [0.05, 0.1) is 29.3 Å². The van der Waals surface area contributed by atoms with Crippen molar-refractivity contribution < 1.29 is 14.3 Å². The molecule has 0 atom stereocenters. The Labute approximate surface area is 171 Å². The van der Waals surface area contributed by atoms with Gasteiger partial charge in [-0.15, -0.1) is 0 Å². The molecule has 1 heterocycles. The van der Waals surface area contributed by atoms with Crippen LogP contribution in [0.2, 0.25) is 0 Å². The standard InChI is InChI=1S/C23H17N3O4/c1-30-23(29)16-5-4-6-17(13-16)25-21(27)15-9-11-18(12-10-15)26-14-24-20-8-3-2-7-19(20)22(26)28/h2-14H,1H3,(H,25,27). The monoisotopic (exact) mass is 399 g/mol. The van der Waals surface area contributed by atoms with Gasteiger partial charge in [-0.3, -0.25) is 14.2 Å². The minimum atomic E-state index is -0.482. The van der Waals surface area contributed by atoms with Crippen LogP contribution in [0, 0.1) is 0 Å². The maximum Gasteiger partial charge on any atom is 0.337 e. The van der Waals surface area contributed by atoms with Crippen molar-refractivity contribution in [2.75, 3.05) is 12.4 Å². The van der Waals surface area contributed by atoms with Gasteiger partial charge in [-0.2, -0.15) is 0 Å². The Morgan fingerprint density at radius 3 is 2.47 bits per heavy atom. The molecule has 3 aromatic carbocycles. The van der Waals surface area contributed by atoms with Crippen molar-refractivity contribution in [1.29, 1.82) is 0 Å². The van der Waals surface area contributed by atoms with E-state index in [-0.39, 0.29) is 11.5 Å². The summed E-state index contributed by atoms with van der Waals surface area (Å²) in [4.78, 5) is 41.2. The second-order valence-corrected chi connectivity index (χ2v) is 6.51. The van der Waals surface area contributed by atoms with Crippen LogP contribution >= 0.6 is 0 Å². The van der Waals surface area contributed by atoms with E-state index in [9.17, 15) is 14.4 Å². The Morgan fingerprint density at radius 2 is 1.70 bits per heavy atom. The summed E-state index contributed by atoms with van der Waals surface area (Å²) >= 11 is 0. The number of benzene rings is 3. The lowest BCUT2D eigenvalue weighted by Gasteiger charge is -2.09. The zero-order valence-corrected chi connectivity index (χ0v) is 16.0. The summed E-state index contributed by atoms with van der Waals surface area (Å²) < 4.78 is 6.12. The molecule has 1 aromatic heterocycles. The molecule has 7 heteroatoms. The number of methoxy groups -OCH3 is 1. The fourth-order valence-corrected chi connectivity index (χ4v) is 3.07. The number of hydrogen-bond donors (Lipinski definition) is 1. The molecular formula is C23H17N3O4. The number of para-hydroxylation sites is 1. The molecule has 30 heavy (non-hydrogen) atoms. The van der Waals surface area contributed by atoms with E-state index in [4.69, 9.17) is 0 Å². The van der Waals surface area contributed by atoms with Gasteiger partial charge in [-0.25, -0.2) is 9.78 Å². The molecular weight excluding hydrogens is 382 g/mol. The van der Waals surface area contributed by atoms with E-state index in [0.717, 1.165) is 0 Å². The first-order chi connectivity index (χ1) is 14.6. The fraction of sp³-hybridized carbons (Fsp3) is 0.0435. The normalized spacial score (nSPS) is 10.6. The van der Waals surface area contributed by atoms with E-state index >= 15 is 0 Å². The Kier molecular flexibility index (Phi) is 5.09. The third-order valence-electron chi connectivity index (χ3n) is 4.61. The van der Waals surface area contributed by atoms with Crippen LogP contribution in [0.3, 0.4) is 0 Å². The summed E-state index contributed by atoms with van der Waals surface area (Å²) in [6.45, 7) is 0. The van der Waals surface area contributed by atoms with E-state index in [1.54, 1.807) is 66.7 Å². The van der Waals surface area contributed by atoms with Crippen molar-refractivity contribution in [2.45, 2.75) is 0 Å². The van der Waals surface area contributed by atoms with Crippen LogP contribution in [0.15, 0.2) is 83.9 Å². The number of hydrogen-bond acceptors (Lipinski definition) is 5. The molecule has 0 bridgehead atoms. The van der Waals surface area contributed by atoms with Crippen LogP contribution in [0.25, 0.3) is 16.6 Å². The quantitative estimate of drug-likeness (QED) is 0.531. The first kappa shape index (κ1) is 19.1. The minimum Gasteiger partial charge on any atom is -0.465 e. The summed E-state index contributed by atoms with van der Waals surface area (Å²) in [6.07, 6.45) is 1.47. The number of aromatic nitrogens is 2. The Hall–Kier alpha value is -4.26. The van der Waals surface area contributed by atoms with Gasteiger partial charge in [0.15, 0.2) is 0 Å². The van der Waals surface area contributed by atoms with Crippen LogP contribution < -0.4 is 10.9 Å². The lowest BCUT2D eigenvalue weighted by atomic mass is 10.1. The highest BCUT2D eigenvalue weighted by Crippen LogP contribution is 2.15. The summed E-state index contributed by atoms with van der Waals surface area (Å²) in [7, 11) is 1.30. The van der Waals surface area contributed by atoms with Gasteiger partial charge in [0.25, 0.3) is 11.5 Å². The third-order valence-corrected chi connectivity index (χ3v) is 4.61. The molecule has 1 amide bonds. The Bertz CT molecular complexity index is 1310. The number of esters is 1.